The highest BCUT2D eigenvalue weighted by Gasteiger charge is 2.17. The van der Waals surface area contributed by atoms with Crippen LogP contribution in [0.3, 0.4) is 0 Å². The predicted molar refractivity (Wildman–Crippen MR) is 136 cm³/mol. The number of methoxy groups -OCH3 is 1. The van der Waals surface area contributed by atoms with Gasteiger partial charge in [0.05, 0.1) is 30.4 Å². The standard InChI is InChI=1S/C27H25N5O5/c1-35-23-12-18-13-24(26-31-15-25(37-26)27(33)34)36-22(18)14-21(23)30-10-11-32(16-19-6-2-4-8-28-19)17-20-7-3-5-9-29-20/h2-9,12-15,30H,10-11,16-17H2,1H3,(H,33,34). The summed E-state index contributed by atoms with van der Waals surface area (Å²) in [7, 11) is 1.61. The minimum Gasteiger partial charge on any atom is -0.495 e. The van der Waals surface area contributed by atoms with Crippen LogP contribution in [-0.4, -0.2) is 51.1 Å². The molecule has 5 aromatic rings. The Hall–Kier alpha value is -4.70. The molecule has 2 N–H and O–H groups in total. The van der Waals surface area contributed by atoms with Crippen molar-refractivity contribution in [2.45, 2.75) is 13.1 Å². The number of pyridine rings is 2. The fraction of sp³-hybridized carbons (Fsp3) is 0.185. The summed E-state index contributed by atoms with van der Waals surface area (Å²) < 4.78 is 16.8. The molecule has 0 atom stereocenters. The number of ether oxygens (including phenoxy) is 1. The molecule has 0 saturated heterocycles. The van der Waals surface area contributed by atoms with E-state index in [-0.39, 0.29) is 11.7 Å². The molecule has 5 rings (SSSR count). The first-order valence-corrected chi connectivity index (χ1v) is 11.7. The third-order valence-corrected chi connectivity index (χ3v) is 5.73. The topological polar surface area (TPSA) is 127 Å². The van der Waals surface area contributed by atoms with E-state index in [9.17, 15) is 4.79 Å². The Morgan fingerprint density at radius 1 is 1.00 bits per heavy atom. The second-order valence-corrected chi connectivity index (χ2v) is 8.32. The van der Waals surface area contributed by atoms with Crippen molar-refractivity contribution < 1.29 is 23.5 Å². The number of nitrogens with zero attached hydrogens (tertiary/aromatic N) is 4. The monoisotopic (exact) mass is 499 g/mol. The van der Waals surface area contributed by atoms with Crippen LogP contribution in [0.5, 0.6) is 5.75 Å². The Kier molecular flexibility index (Phi) is 7.09. The lowest BCUT2D eigenvalue weighted by Crippen LogP contribution is -2.29. The van der Waals surface area contributed by atoms with Gasteiger partial charge in [-0.3, -0.25) is 14.9 Å². The van der Waals surface area contributed by atoms with Crippen molar-refractivity contribution in [2.75, 3.05) is 25.5 Å². The van der Waals surface area contributed by atoms with Crippen molar-refractivity contribution >= 4 is 22.6 Å². The van der Waals surface area contributed by atoms with Gasteiger partial charge in [0.15, 0.2) is 5.76 Å². The van der Waals surface area contributed by atoms with Gasteiger partial charge in [0.25, 0.3) is 5.89 Å². The van der Waals surface area contributed by atoms with Gasteiger partial charge in [0.1, 0.15) is 11.3 Å². The van der Waals surface area contributed by atoms with E-state index >= 15 is 0 Å². The summed E-state index contributed by atoms with van der Waals surface area (Å²) in [5, 5.41) is 13.3. The van der Waals surface area contributed by atoms with Gasteiger partial charge in [-0.15, -0.1) is 0 Å². The molecule has 0 aliphatic carbocycles. The molecule has 188 valence electrons. The molecule has 0 amide bonds. The molecule has 1 aromatic carbocycles. The number of oxazole rings is 1. The van der Waals surface area contributed by atoms with E-state index in [2.05, 4.69) is 25.2 Å². The molecule has 0 aliphatic heterocycles. The number of carboxylic acids is 1. The zero-order valence-electron chi connectivity index (χ0n) is 20.1. The largest absolute Gasteiger partial charge is 0.495 e. The molecular formula is C27H25N5O5. The molecular weight excluding hydrogens is 474 g/mol. The molecule has 10 heteroatoms. The molecule has 4 heterocycles. The van der Waals surface area contributed by atoms with Gasteiger partial charge in [-0.25, -0.2) is 9.78 Å². The second kappa shape index (κ2) is 10.9. The maximum atomic E-state index is 11.1. The van der Waals surface area contributed by atoms with Crippen LogP contribution in [0.25, 0.3) is 22.6 Å². The van der Waals surface area contributed by atoms with Crippen molar-refractivity contribution in [1.82, 2.24) is 19.9 Å². The fourth-order valence-corrected chi connectivity index (χ4v) is 3.97. The second-order valence-electron chi connectivity index (χ2n) is 8.32. The Balaban J connectivity index is 1.31. The molecule has 0 spiro atoms. The van der Waals surface area contributed by atoms with Gasteiger partial charge < -0.3 is 24.0 Å². The average Bonchev–Trinajstić information content (AvgIpc) is 3.57. The number of hydrogen-bond acceptors (Lipinski definition) is 9. The zero-order chi connectivity index (χ0) is 25.6. The molecule has 10 nitrogen and oxygen atoms in total. The molecule has 0 bridgehead atoms. The quantitative estimate of drug-likeness (QED) is 0.264. The lowest BCUT2D eigenvalue weighted by Gasteiger charge is -2.22. The Labute approximate surface area is 212 Å². The number of furan rings is 1. The van der Waals surface area contributed by atoms with Gasteiger partial charge in [0, 0.05) is 50.0 Å². The smallest absolute Gasteiger partial charge is 0.373 e. The minimum atomic E-state index is -1.19. The summed E-state index contributed by atoms with van der Waals surface area (Å²) in [6, 6.07) is 17.2. The van der Waals surface area contributed by atoms with Crippen molar-refractivity contribution in [2.24, 2.45) is 0 Å². The first kappa shape index (κ1) is 24.0. The number of fused-ring (bicyclic) bond motifs is 1. The van der Waals surface area contributed by atoms with Gasteiger partial charge in [0.2, 0.25) is 5.76 Å². The third-order valence-electron chi connectivity index (χ3n) is 5.73. The van der Waals surface area contributed by atoms with E-state index in [1.54, 1.807) is 25.6 Å². The number of carboxylic acid groups (broad SMARTS) is 1. The maximum absolute atomic E-state index is 11.1. The van der Waals surface area contributed by atoms with Gasteiger partial charge in [-0.05, 0) is 36.4 Å². The predicted octanol–water partition coefficient (Wildman–Crippen LogP) is 4.70. The van der Waals surface area contributed by atoms with Crippen molar-refractivity contribution in [1.29, 1.82) is 0 Å². The van der Waals surface area contributed by atoms with Gasteiger partial charge in [-0.2, -0.15) is 0 Å². The van der Waals surface area contributed by atoms with Crippen molar-refractivity contribution in [3.63, 3.8) is 0 Å². The van der Waals surface area contributed by atoms with E-state index in [1.165, 1.54) is 0 Å². The Morgan fingerprint density at radius 3 is 2.32 bits per heavy atom. The highest BCUT2D eigenvalue weighted by atomic mass is 16.5. The van der Waals surface area contributed by atoms with E-state index in [0.29, 0.717) is 36.7 Å². The SMILES string of the molecule is COc1cc2cc(-c3ncc(C(=O)O)o3)oc2cc1NCCN(Cc1ccccn1)Cc1ccccn1. The van der Waals surface area contributed by atoms with Crippen LogP contribution < -0.4 is 10.1 Å². The zero-order valence-corrected chi connectivity index (χ0v) is 20.1. The normalized spacial score (nSPS) is 11.2. The number of carbonyl (C=O) groups is 1. The number of anilines is 1. The van der Waals surface area contributed by atoms with Gasteiger partial charge >= 0.3 is 5.97 Å². The minimum absolute atomic E-state index is 0.0989. The molecule has 0 fully saturated rings. The molecule has 0 radical (unpaired) electrons. The first-order chi connectivity index (χ1) is 18.1. The van der Waals surface area contributed by atoms with Crippen molar-refractivity contribution in [3.8, 4) is 17.4 Å². The number of nitrogens with one attached hydrogen (secondary N) is 1. The fourth-order valence-electron chi connectivity index (χ4n) is 3.97. The maximum Gasteiger partial charge on any atom is 0.373 e. The highest BCUT2D eigenvalue weighted by Crippen LogP contribution is 2.35. The number of aromatic nitrogens is 3. The average molecular weight is 500 g/mol. The van der Waals surface area contributed by atoms with Crippen molar-refractivity contribution in [3.05, 3.63) is 90.3 Å². The Morgan fingerprint density at radius 2 is 1.73 bits per heavy atom. The molecule has 0 saturated carbocycles. The van der Waals surface area contributed by atoms with E-state index < -0.39 is 5.97 Å². The summed E-state index contributed by atoms with van der Waals surface area (Å²) in [6.07, 6.45) is 4.75. The lowest BCUT2D eigenvalue weighted by atomic mass is 10.2. The molecule has 0 aliphatic rings. The van der Waals surface area contributed by atoms with Gasteiger partial charge in [-0.1, -0.05) is 12.1 Å². The number of rotatable bonds is 11. The van der Waals surface area contributed by atoms with Crippen LogP contribution >= 0.6 is 0 Å². The highest BCUT2D eigenvalue weighted by molar-refractivity contribution is 5.88. The van der Waals surface area contributed by atoms with Crippen LogP contribution in [0, 0.1) is 0 Å². The summed E-state index contributed by atoms with van der Waals surface area (Å²) >= 11 is 0. The van der Waals surface area contributed by atoms with Crippen LogP contribution in [0.2, 0.25) is 0 Å². The summed E-state index contributed by atoms with van der Waals surface area (Å²) in [5.74, 6) is -0.362. The lowest BCUT2D eigenvalue weighted by molar-refractivity contribution is 0.0663. The number of hydrogen-bond donors (Lipinski definition) is 2. The first-order valence-electron chi connectivity index (χ1n) is 11.7. The molecule has 0 unspecified atom stereocenters. The molecule has 4 aromatic heterocycles. The van der Waals surface area contributed by atoms with E-state index in [1.807, 2.05) is 48.5 Å². The van der Waals surface area contributed by atoms with E-state index in [0.717, 1.165) is 35.2 Å². The van der Waals surface area contributed by atoms with Crippen LogP contribution in [0.4, 0.5) is 5.69 Å². The number of benzene rings is 1. The van der Waals surface area contributed by atoms with Crippen LogP contribution in [-0.2, 0) is 13.1 Å². The van der Waals surface area contributed by atoms with E-state index in [4.69, 9.17) is 18.7 Å². The summed E-state index contributed by atoms with van der Waals surface area (Å²) in [6.45, 7) is 2.74. The summed E-state index contributed by atoms with van der Waals surface area (Å²) in [5.41, 5.74) is 3.33. The molecule has 37 heavy (non-hydrogen) atoms. The van der Waals surface area contributed by atoms with Crippen LogP contribution in [0.1, 0.15) is 21.9 Å². The number of aromatic carboxylic acids is 1. The third kappa shape index (κ3) is 5.76. The van der Waals surface area contributed by atoms with Crippen LogP contribution in [0.15, 0.2) is 82.0 Å². The Bertz CT molecular complexity index is 1440. The summed E-state index contributed by atoms with van der Waals surface area (Å²) in [4.78, 5) is 26.3.